The Kier molecular flexibility index (Phi) is 5.75. The number of sulfone groups is 1. The van der Waals surface area contributed by atoms with Crippen LogP contribution in [0.25, 0.3) is 0 Å². The van der Waals surface area contributed by atoms with E-state index in [1.54, 1.807) is 12.1 Å². The lowest BCUT2D eigenvalue weighted by atomic mass is 10.1. The van der Waals surface area contributed by atoms with Gasteiger partial charge in [-0.3, -0.25) is 0 Å². The van der Waals surface area contributed by atoms with Gasteiger partial charge >= 0.3 is 0 Å². The summed E-state index contributed by atoms with van der Waals surface area (Å²) >= 11 is 0. The summed E-state index contributed by atoms with van der Waals surface area (Å²) in [4.78, 5) is 0. The van der Waals surface area contributed by atoms with Crippen LogP contribution >= 0.6 is 0 Å². The third-order valence-electron chi connectivity index (χ3n) is 2.70. The van der Waals surface area contributed by atoms with Crippen LogP contribution in [0.2, 0.25) is 0 Å². The number of hydrogen-bond acceptors (Lipinski definition) is 4. The predicted molar refractivity (Wildman–Crippen MR) is 73.7 cm³/mol. The van der Waals surface area contributed by atoms with Gasteiger partial charge in [0.05, 0.1) is 12.9 Å². The van der Waals surface area contributed by atoms with Crippen molar-refractivity contribution < 1.29 is 17.5 Å². The maximum absolute atomic E-state index is 14.2. The smallest absolute Gasteiger partial charge is 0.169 e. The number of methoxy groups -OCH3 is 1. The first-order chi connectivity index (χ1) is 8.89. The third kappa shape index (κ3) is 4.80. The van der Waals surface area contributed by atoms with Crippen molar-refractivity contribution in [2.24, 2.45) is 0 Å². The normalized spacial score (nSPS) is 13.3. The number of ether oxygens (including phenoxy) is 1. The lowest BCUT2D eigenvalue weighted by molar-refractivity contribution is 0.380. The second-order valence-corrected chi connectivity index (χ2v) is 6.65. The van der Waals surface area contributed by atoms with Crippen molar-refractivity contribution in [2.45, 2.75) is 19.4 Å². The van der Waals surface area contributed by atoms with Gasteiger partial charge in [0.15, 0.2) is 11.6 Å². The molecule has 4 nitrogen and oxygen atoms in total. The zero-order valence-corrected chi connectivity index (χ0v) is 12.3. The number of benzene rings is 1. The van der Waals surface area contributed by atoms with Crippen molar-refractivity contribution in [3.05, 3.63) is 29.6 Å². The molecule has 1 unspecified atom stereocenters. The van der Waals surface area contributed by atoms with Crippen molar-refractivity contribution in [1.29, 1.82) is 0 Å². The Labute approximate surface area is 113 Å². The summed E-state index contributed by atoms with van der Waals surface area (Å²) in [5, 5.41) is 3.06. The van der Waals surface area contributed by atoms with Crippen LogP contribution in [0.15, 0.2) is 18.2 Å². The summed E-state index contributed by atoms with van der Waals surface area (Å²) < 4.78 is 42.0. The highest BCUT2D eigenvalue weighted by molar-refractivity contribution is 7.90. The van der Waals surface area contributed by atoms with E-state index in [2.05, 4.69) is 5.32 Å². The average molecular weight is 289 g/mol. The number of halogens is 1. The van der Waals surface area contributed by atoms with Crippen LogP contribution < -0.4 is 10.1 Å². The molecular weight excluding hydrogens is 269 g/mol. The third-order valence-corrected chi connectivity index (χ3v) is 3.64. The summed E-state index contributed by atoms with van der Waals surface area (Å²) in [5.41, 5.74) is 0.318. The van der Waals surface area contributed by atoms with Crippen LogP contribution in [0, 0.1) is 5.82 Å². The molecular formula is C13H20FNO3S. The summed E-state index contributed by atoms with van der Waals surface area (Å²) in [6, 6.07) is 4.18. The maximum Gasteiger partial charge on any atom is 0.169 e. The van der Waals surface area contributed by atoms with E-state index in [0.29, 0.717) is 12.1 Å². The lowest BCUT2D eigenvalue weighted by Gasteiger charge is -2.19. The van der Waals surface area contributed by atoms with Gasteiger partial charge in [0.25, 0.3) is 0 Å². The highest BCUT2D eigenvalue weighted by atomic mass is 32.2. The molecule has 108 valence electrons. The van der Waals surface area contributed by atoms with Crippen molar-refractivity contribution in [3.63, 3.8) is 0 Å². The zero-order chi connectivity index (χ0) is 14.5. The molecule has 0 aliphatic carbocycles. The molecule has 0 amide bonds. The highest BCUT2D eigenvalue weighted by Crippen LogP contribution is 2.25. The number of nitrogens with one attached hydrogen (secondary N) is 1. The van der Waals surface area contributed by atoms with E-state index in [1.165, 1.54) is 13.2 Å². The first-order valence-electron chi connectivity index (χ1n) is 6.12. The van der Waals surface area contributed by atoms with E-state index < -0.39 is 21.7 Å². The number of hydrogen-bond donors (Lipinski definition) is 1. The first kappa shape index (κ1) is 15.9. The molecule has 1 aromatic rings. The van der Waals surface area contributed by atoms with Crippen LogP contribution in [0.4, 0.5) is 4.39 Å². The highest BCUT2D eigenvalue weighted by Gasteiger charge is 2.21. The lowest BCUT2D eigenvalue weighted by Crippen LogP contribution is -2.29. The summed E-state index contributed by atoms with van der Waals surface area (Å²) in [7, 11) is -1.83. The molecule has 0 bridgehead atoms. The Morgan fingerprint density at radius 3 is 2.63 bits per heavy atom. The molecule has 0 fully saturated rings. The molecule has 0 aliphatic rings. The SMILES string of the molecule is CCCNC(CS(C)(=O)=O)c1cccc(OC)c1F. The van der Waals surface area contributed by atoms with E-state index in [0.717, 1.165) is 12.7 Å². The van der Waals surface area contributed by atoms with Crippen molar-refractivity contribution in [2.75, 3.05) is 25.7 Å². The molecule has 6 heteroatoms. The fourth-order valence-electron chi connectivity index (χ4n) is 1.83. The van der Waals surface area contributed by atoms with Gasteiger partial charge in [0.1, 0.15) is 9.84 Å². The van der Waals surface area contributed by atoms with Crippen molar-refractivity contribution in [1.82, 2.24) is 5.32 Å². The summed E-state index contributed by atoms with van der Waals surface area (Å²) in [6.45, 7) is 2.59. The molecule has 0 spiro atoms. The van der Waals surface area contributed by atoms with E-state index in [9.17, 15) is 12.8 Å². The molecule has 0 aliphatic heterocycles. The van der Waals surface area contributed by atoms with Crippen LogP contribution in [0.3, 0.4) is 0 Å². The van der Waals surface area contributed by atoms with Crippen LogP contribution in [0.5, 0.6) is 5.75 Å². The molecule has 1 aromatic carbocycles. The molecule has 0 saturated heterocycles. The summed E-state index contributed by atoms with van der Waals surface area (Å²) in [5.74, 6) is -0.534. The molecule has 0 radical (unpaired) electrons. The fourth-order valence-corrected chi connectivity index (χ4v) is 2.74. The molecule has 0 saturated carbocycles. The van der Waals surface area contributed by atoms with E-state index >= 15 is 0 Å². The minimum atomic E-state index is -3.21. The zero-order valence-electron chi connectivity index (χ0n) is 11.4. The molecule has 1 atom stereocenters. The van der Waals surface area contributed by atoms with Crippen molar-refractivity contribution >= 4 is 9.84 Å². The van der Waals surface area contributed by atoms with E-state index in [-0.39, 0.29) is 11.5 Å². The minimum Gasteiger partial charge on any atom is -0.494 e. The van der Waals surface area contributed by atoms with Gasteiger partial charge < -0.3 is 10.1 Å². The second kappa shape index (κ2) is 6.86. The molecule has 1 rings (SSSR count). The Morgan fingerprint density at radius 2 is 2.11 bits per heavy atom. The Bertz CT molecular complexity index is 517. The molecule has 0 aromatic heterocycles. The number of rotatable bonds is 7. The Balaban J connectivity index is 3.09. The topological polar surface area (TPSA) is 55.4 Å². The Hall–Kier alpha value is -1.14. The minimum absolute atomic E-state index is 0.120. The van der Waals surface area contributed by atoms with Gasteiger partial charge in [-0.25, -0.2) is 12.8 Å². The van der Waals surface area contributed by atoms with Crippen LogP contribution in [-0.2, 0) is 9.84 Å². The quantitative estimate of drug-likeness (QED) is 0.833. The van der Waals surface area contributed by atoms with Gasteiger partial charge in [-0.2, -0.15) is 0 Å². The van der Waals surface area contributed by atoms with Crippen molar-refractivity contribution in [3.8, 4) is 5.75 Å². The van der Waals surface area contributed by atoms with Gasteiger partial charge in [0, 0.05) is 17.9 Å². The van der Waals surface area contributed by atoms with E-state index in [4.69, 9.17) is 4.74 Å². The van der Waals surface area contributed by atoms with E-state index in [1.807, 2.05) is 6.92 Å². The monoisotopic (exact) mass is 289 g/mol. The first-order valence-corrected chi connectivity index (χ1v) is 8.18. The second-order valence-electron chi connectivity index (χ2n) is 4.46. The van der Waals surface area contributed by atoms with Gasteiger partial charge in [-0.05, 0) is 19.0 Å². The van der Waals surface area contributed by atoms with Crippen LogP contribution in [0.1, 0.15) is 24.9 Å². The predicted octanol–water partition coefficient (Wildman–Crippen LogP) is 1.92. The largest absolute Gasteiger partial charge is 0.494 e. The average Bonchev–Trinajstić information content (AvgIpc) is 2.33. The Morgan fingerprint density at radius 1 is 1.42 bits per heavy atom. The fraction of sp³-hybridized carbons (Fsp3) is 0.538. The molecule has 1 N–H and O–H groups in total. The standard InChI is InChI=1S/C13H20FNO3S/c1-4-8-15-11(9-19(3,16)17)10-6-5-7-12(18-2)13(10)14/h5-7,11,15H,4,8-9H2,1-3H3. The maximum atomic E-state index is 14.2. The summed E-state index contributed by atoms with van der Waals surface area (Å²) in [6.07, 6.45) is 1.98. The molecule has 0 heterocycles. The van der Waals surface area contributed by atoms with Gasteiger partial charge in [0.2, 0.25) is 0 Å². The van der Waals surface area contributed by atoms with Crippen LogP contribution in [-0.4, -0.2) is 34.1 Å². The van der Waals surface area contributed by atoms with Gasteiger partial charge in [-0.15, -0.1) is 0 Å². The van der Waals surface area contributed by atoms with Gasteiger partial charge in [-0.1, -0.05) is 19.1 Å². The molecule has 19 heavy (non-hydrogen) atoms.